The lowest BCUT2D eigenvalue weighted by molar-refractivity contribution is 0.0496. The van der Waals surface area contributed by atoms with Gasteiger partial charge in [-0.05, 0) is 51.4 Å². The Labute approximate surface area is 106 Å². The molecule has 1 amide bonds. The molecular weight excluding hydrogens is 270 g/mol. The Kier molecular flexibility index (Phi) is 4.84. The van der Waals surface area contributed by atoms with Gasteiger partial charge in [0.2, 0.25) is 0 Å². The zero-order chi connectivity index (χ0) is 12.2. The van der Waals surface area contributed by atoms with Gasteiger partial charge in [0.15, 0.2) is 0 Å². The number of hydrogen-bond donors (Lipinski definition) is 1. The number of alkyl carbamates (subject to hydrolysis) is 1. The van der Waals surface area contributed by atoms with Gasteiger partial charge in [0, 0.05) is 6.04 Å². The second-order valence-electron chi connectivity index (χ2n) is 5.19. The third kappa shape index (κ3) is 5.01. The van der Waals surface area contributed by atoms with Crippen molar-refractivity contribution >= 4 is 22.0 Å². The van der Waals surface area contributed by atoms with Gasteiger partial charge >= 0.3 is 6.09 Å². The fourth-order valence-corrected chi connectivity index (χ4v) is 2.17. The van der Waals surface area contributed by atoms with E-state index in [0.29, 0.717) is 0 Å². The van der Waals surface area contributed by atoms with E-state index in [2.05, 4.69) is 21.2 Å². The molecule has 1 rings (SSSR count). The Balaban J connectivity index is 2.31. The van der Waals surface area contributed by atoms with Crippen LogP contribution in [0.4, 0.5) is 4.79 Å². The van der Waals surface area contributed by atoms with Gasteiger partial charge in [-0.1, -0.05) is 21.5 Å². The maximum absolute atomic E-state index is 11.5. The summed E-state index contributed by atoms with van der Waals surface area (Å²) < 4.78 is 5.22. The predicted molar refractivity (Wildman–Crippen MR) is 68.6 cm³/mol. The second-order valence-corrected chi connectivity index (χ2v) is 5.65. The van der Waals surface area contributed by atoms with E-state index in [4.69, 9.17) is 4.74 Å². The summed E-state index contributed by atoms with van der Waals surface area (Å²) in [4.78, 5) is 13.5. The number of hydrogen-bond acceptors (Lipinski definition) is 2. The SMILES string of the molecule is CC(C)(C)OC(=O)NC1CCC(=CBr)CC1. The molecule has 1 saturated carbocycles. The van der Waals surface area contributed by atoms with Gasteiger partial charge < -0.3 is 10.1 Å². The highest BCUT2D eigenvalue weighted by molar-refractivity contribution is 9.11. The highest BCUT2D eigenvalue weighted by Crippen LogP contribution is 2.24. The average molecular weight is 290 g/mol. The molecule has 1 aliphatic carbocycles. The fraction of sp³-hybridized carbons (Fsp3) is 0.750. The van der Waals surface area contributed by atoms with Gasteiger partial charge in [0.25, 0.3) is 0 Å². The van der Waals surface area contributed by atoms with Crippen molar-refractivity contribution in [3.63, 3.8) is 0 Å². The maximum atomic E-state index is 11.5. The van der Waals surface area contributed by atoms with E-state index >= 15 is 0 Å². The number of nitrogens with one attached hydrogen (secondary N) is 1. The van der Waals surface area contributed by atoms with Crippen LogP contribution in [0.5, 0.6) is 0 Å². The quantitative estimate of drug-likeness (QED) is 0.799. The highest BCUT2D eigenvalue weighted by atomic mass is 79.9. The third-order valence-electron chi connectivity index (χ3n) is 2.50. The van der Waals surface area contributed by atoms with Gasteiger partial charge in [-0.3, -0.25) is 0 Å². The topological polar surface area (TPSA) is 38.3 Å². The van der Waals surface area contributed by atoms with Crippen LogP contribution in [0, 0.1) is 0 Å². The van der Waals surface area contributed by atoms with Crippen molar-refractivity contribution in [1.29, 1.82) is 0 Å². The van der Waals surface area contributed by atoms with E-state index in [1.807, 2.05) is 25.8 Å². The lowest BCUT2D eigenvalue weighted by Gasteiger charge is -2.26. The molecule has 0 heterocycles. The van der Waals surface area contributed by atoms with Crippen LogP contribution in [0.1, 0.15) is 46.5 Å². The average Bonchev–Trinajstić information content (AvgIpc) is 2.16. The van der Waals surface area contributed by atoms with Gasteiger partial charge in [0.05, 0.1) is 0 Å². The third-order valence-corrected chi connectivity index (χ3v) is 3.15. The molecule has 16 heavy (non-hydrogen) atoms. The highest BCUT2D eigenvalue weighted by Gasteiger charge is 2.21. The Morgan fingerprint density at radius 3 is 2.44 bits per heavy atom. The van der Waals surface area contributed by atoms with Gasteiger partial charge in [-0.25, -0.2) is 4.79 Å². The van der Waals surface area contributed by atoms with Crippen molar-refractivity contribution in [2.24, 2.45) is 0 Å². The van der Waals surface area contributed by atoms with E-state index < -0.39 is 5.60 Å². The molecule has 0 aliphatic heterocycles. The lowest BCUT2D eigenvalue weighted by atomic mass is 9.92. The summed E-state index contributed by atoms with van der Waals surface area (Å²) in [5, 5.41) is 2.92. The molecule has 1 N–H and O–H groups in total. The Morgan fingerprint density at radius 1 is 1.44 bits per heavy atom. The molecule has 1 fully saturated rings. The summed E-state index contributed by atoms with van der Waals surface area (Å²) in [5.74, 6) is 0. The fourth-order valence-electron chi connectivity index (χ4n) is 1.72. The molecule has 0 radical (unpaired) electrons. The van der Waals surface area contributed by atoms with Crippen molar-refractivity contribution in [2.75, 3.05) is 0 Å². The number of rotatable bonds is 1. The number of allylic oxidation sites excluding steroid dienone is 1. The van der Waals surface area contributed by atoms with Crippen molar-refractivity contribution < 1.29 is 9.53 Å². The standard InChI is InChI=1S/C12H20BrNO2/c1-12(2,3)16-11(15)14-10-6-4-9(8-13)5-7-10/h8,10H,4-7H2,1-3H3,(H,14,15). The maximum Gasteiger partial charge on any atom is 0.407 e. The molecule has 0 aromatic carbocycles. The summed E-state index contributed by atoms with van der Waals surface area (Å²) in [6.45, 7) is 5.62. The molecular formula is C12H20BrNO2. The minimum Gasteiger partial charge on any atom is -0.444 e. The molecule has 0 unspecified atom stereocenters. The summed E-state index contributed by atoms with van der Waals surface area (Å²) >= 11 is 3.35. The second kappa shape index (κ2) is 5.71. The van der Waals surface area contributed by atoms with Crippen LogP contribution in [0.15, 0.2) is 10.6 Å². The Bertz CT molecular complexity index is 271. The molecule has 0 aromatic rings. The van der Waals surface area contributed by atoms with Crippen LogP contribution >= 0.6 is 15.9 Å². The molecule has 4 heteroatoms. The molecule has 0 saturated heterocycles. The number of halogens is 1. The molecule has 0 aromatic heterocycles. The number of ether oxygens (including phenoxy) is 1. The first-order chi connectivity index (χ1) is 7.40. The zero-order valence-corrected chi connectivity index (χ0v) is 11.8. The van der Waals surface area contributed by atoms with Crippen molar-refractivity contribution in [3.8, 4) is 0 Å². The van der Waals surface area contributed by atoms with E-state index in [-0.39, 0.29) is 12.1 Å². The predicted octanol–water partition coefficient (Wildman–Crippen LogP) is 3.73. The minimum absolute atomic E-state index is 0.256. The number of carbonyl (C=O) groups is 1. The van der Waals surface area contributed by atoms with Crippen LogP contribution in [-0.4, -0.2) is 17.7 Å². The number of carbonyl (C=O) groups excluding carboxylic acids is 1. The van der Waals surface area contributed by atoms with Crippen molar-refractivity contribution in [3.05, 3.63) is 10.6 Å². The molecule has 0 spiro atoms. The van der Waals surface area contributed by atoms with Gasteiger partial charge in [-0.2, -0.15) is 0 Å². The zero-order valence-electron chi connectivity index (χ0n) is 10.2. The van der Waals surface area contributed by atoms with Gasteiger partial charge in [0.1, 0.15) is 5.60 Å². The van der Waals surface area contributed by atoms with Crippen LogP contribution in [0.3, 0.4) is 0 Å². The van der Waals surface area contributed by atoms with Crippen LogP contribution < -0.4 is 5.32 Å². The summed E-state index contributed by atoms with van der Waals surface area (Å²) in [6.07, 6.45) is 3.79. The minimum atomic E-state index is -0.417. The first-order valence-electron chi connectivity index (χ1n) is 5.68. The molecule has 0 atom stereocenters. The summed E-state index contributed by atoms with van der Waals surface area (Å²) in [7, 11) is 0. The van der Waals surface area contributed by atoms with E-state index in [1.54, 1.807) is 0 Å². The molecule has 0 bridgehead atoms. The van der Waals surface area contributed by atoms with Crippen LogP contribution in [-0.2, 0) is 4.74 Å². The smallest absolute Gasteiger partial charge is 0.407 e. The first-order valence-corrected chi connectivity index (χ1v) is 6.60. The molecule has 1 aliphatic rings. The number of amides is 1. The Hall–Kier alpha value is -0.510. The largest absolute Gasteiger partial charge is 0.444 e. The molecule has 92 valence electrons. The van der Waals surface area contributed by atoms with Gasteiger partial charge in [-0.15, -0.1) is 0 Å². The van der Waals surface area contributed by atoms with Crippen molar-refractivity contribution in [1.82, 2.24) is 5.32 Å². The monoisotopic (exact) mass is 289 g/mol. The van der Waals surface area contributed by atoms with Crippen LogP contribution in [0.25, 0.3) is 0 Å². The summed E-state index contributed by atoms with van der Waals surface area (Å²) in [6, 6.07) is 0.256. The summed E-state index contributed by atoms with van der Waals surface area (Å²) in [5.41, 5.74) is 1.00. The molecule has 3 nitrogen and oxygen atoms in total. The first kappa shape index (κ1) is 13.6. The Morgan fingerprint density at radius 2 is 2.00 bits per heavy atom. The van der Waals surface area contributed by atoms with E-state index in [1.165, 1.54) is 5.57 Å². The van der Waals surface area contributed by atoms with Crippen LogP contribution in [0.2, 0.25) is 0 Å². The lowest BCUT2D eigenvalue weighted by Crippen LogP contribution is -2.40. The van der Waals surface area contributed by atoms with E-state index in [9.17, 15) is 4.79 Å². The van der Waals surface area contributed by atoms with Crippen molar-refractivity contribution in [2.45, 2.75) is 58.1 Å². The normalized spacial score (nSPS) is 21.5. The van der Waals surface area contributed by atoms with E-state index in [0.717, 1.165) is 25.7 Å².